The Morgan fingerprint density at radius 3 is 2.41 bits per heavy atom. The number of quaternary nitrogens is 2. The van der Waals surface area contributed by atoms with E-state index in [0.29, 0.717) is 0 Å². The molecule has 1 unspecified atom stereocenters. The van der Waals surface area contributed by atoms with E-state index in [1.807, 2.05) is 4.90 Å². The number of nitrogens with one attached hydrogen (secondary N) is 2. The predicted octanol–water partition coefficient (Wildman–Crippen LogP) is 0.557. The first-order chi connectivity index (χ1) is 10.7. The van der Waals surface area contributed by atoms with Gasteiger partial charge in [-0.25, -0.2) is 0 Å². The predicted molar refractivity (Wildman–Crippen MR) is 89.5 cm³/mol. The summed E-state index contributed by atoms with van der Waals surface area (Å²) in [5.74, 6) is 1.90. The summed E-state index contributed by atoms with van der Waals surface area (Å²) in [6.07, 6.45) is 5.71. The highest BCUT2D eigenvalue weighted by molar-refractivity contribution is 5.26. The van der Waals surface area contributed by atoms with Crippen LogP contribution in [0.15, 0.2) is 24.3 Å². The van der Waals surface area contributed by atoms with Crippen LogP contribution in [-0.4, -0.2) is 39.3 Å². The van der Waals surface area contributed by atoms with Gasteiger partial charge in [0.25, 0.3) is 0 Å². The first-order valence-corrected chi connectivity index (χ1v) is 9.05. The maximum Gasteiger partial charge on any atom is 0.118 e. The van der Waals surface area contributed by atoms with Crippen LogP contribution in [0.25, 0.3) is 0 Å². The Morgan fingerprint density at radius 2 is 1.77 bits per heavy atom. The monoisotopic (exact) mass is 304 g/mol. The first kappa shape index (κ1) is 15.8. The molecule has 2 aliphatic rings. The second kappa shape index (κ2) is 7.47. The maximum atomic E-state index is 5.24. The van der Waals surface area contributed by atoms with Crippen molar-refractivity contribution < 1.29 is 14.5 Å². The Hall–Kier alpha value is -1.06. The minimum absolute atomic E-state index is 0.933. The third-order valence-electron chi connectivity index (χ3n) is 5.69. The van der Waals surface area contributed by atoms with E-state index in [9.17, 15) is 0 Å². The molecule has 22 heavy (non-hydrogen) atoms. The van der Waals surface area contributed by atoms with Crippen molar-refractivity contribution in [1.82, 2.24) is 0 Å². The molecular weight excluding hydrogens is 272 g/mol. The SMILES string of the molecule is COc1ccc(C[NH+]2CCC([NH+]3CCC[C@@H](C)C3)CC2)cc1. The number of hydrogen-bond acceptors (Lipinski definition) is 1. The average Bonchev–Trinajstić information content (AvgIpc) is 2.56. The lowest BCUT2D eigenvalue weighted by Crippen LogP contribution is -3.21. The smallest absolute Gasteiger partial charge is 0.118 e. The van der Waals surface area contributed by atoms with E-state index >= 15 is 0 Å². The van der Waals surface area contributed by atoms with Crippen LogP contribution in [0.1, 0.15) is 38.2 Å². The molecule has 3 heteroatoms. The summed E-state index contributed by atoms with van der Waals surface area (Å²) in [4.78, 5) is 3.66. The molecular formula is C19H32N2O+2. The number of benzene rings is 1. The number of piperidine rings is 2. The van der Waals surface area contributed by atoms with Gasteiger partial charge in [-0.3, -0.25) is 0 Å². The van der Waals surface area contributed by atoms with Gasteiger partial charge in [-0.15, -0.1) is 0 Å². The summed E-state index contributed by atoms with van der Waals surface area (Å²) in [5, 5.41) is 0. The lowest BCUT2D eigenvalue weighted by atomic mass is 9.95. The molecule has 122 valence electrons. The van der Waals surface area contributed by atoms with Gasteiger partial charge in [-0.1, -0.05) is 6.92 Å². The molecule has 0 radical (unpaired) electrons. The van der Waals surface area contributed by atoms with Crippen LogP contribution in [-0.2, 0) is 6.54 Å². The lowest BCUT2D eigenvalue weighted by molar-refractivity contribution is -0.967. The standard InChI is InChI=1S/C19H30N2O/c1-16-4-3-11-21(14-16)18-9-12-20(13-10-18)15-17-5-7-19(22-2)8-6-17/h5-8,16,18H,3-4,9-15H2,1-2H3/p+2/t16-/m1/s1. The van der Waals surface area contributed by atoms with E-state index in [4.69, 9.17) is 4.74 Å². The molecule has 0 aromatic heterocycles. The minimum atomic E-state index is 0.933. The maximum absolute atomic E-state index is 5.24. The molecule has 2 N–H and O–H groups in total. The third kappa shape index (κ3) is 4.02. The molecule has 0 aliphatic carbocycles. The number of hydrogen-bond donors (Lipinski definition) is 2. The van der Waals surface area contributed by atoms with E-state index in [2.05, 4.69) is 31.2 Å². The molecule has 2 fully saturated rings. The molecule has 3 nitrogen and oxygen atoms in total. The minimum Gasteiger partial charge on any atom is -0.497 e. The van der Waals surface area contributed by atoms with Crippen molar-refractivity contribution in [2.24, 2.45) is 5.92 Å². The molecule has 3 rings (SSSR count). The van der Waals surface area contributed by atoms with E-state index in [1.165, 1.54) is 64.0 Å². The van der Waals surface area contributed by atoms with Crippen LogP contribution in [0, 0.1) is 5.92 Å². The summed E-state index contributed by atoms with van der Waals surface area (Å²) in [7, 11) is 1.73. The highest BCUT2D eigenvalue weighted by Crippen LogP contribution is 2.11. The Labute approximate surface area is 135 Å². The van der Waals surface area contributed by atoms with Gasteiger partial charge in [0.1, 0.15) is 12.3 Å². The Morgan fingerprint density at radius 1 is 1.05 bits per heavy atom. The summed E-state index contributed by atoms with van der Waals surface area (Å²) in [5.41, 5.74) is 1.44. The molecule has 2 heterocycles. The zero-order valence-corrected chi connectivity index (χ0v) is 14.2. The second-order valence-electron chi connectivity index (χ2n) is 7.41. The van der Waals surface area contributed by atoms with Crippen LogP contribution in [0.5, 0.6) is 5.75 Å². The van der Waals surface area contributed by atoms with Gasteiger partial charge in [0.05, 0.1) is 39.3 Å². The van der Waals surface area contributed by atoms with Crippen molar-refractivity contribution >= 4 is 0 Å². The fourth-order valence-corrected chi connectivity index (χ4v) is 4.34. The largest absolute Gasteiger partial charge is 0.497 e. The van der Waals surface area contributed by atoms with Crippen LogP contribution >= 0.6 is 0 Å². The van der Waals surface area contributed by atoms with Crippen molar-refractivity contribution in [3.05, 3.63) is 29.8 Å². The zero-order valence-electron chi connectivity index (χ0n) is 14.2. The van der Waals surface area contributed by atoms with Gasteiger partial charge in [-0.2, -0.15) is 0 Å². The van der Waals surface area contributed by atoms with E-state index in [0.717, 1.165) is 17.7 Å². The highest BCUT2D eigenvalue weighted by atomic mass is 16.5. The number of rotatable bonds is 4. The molecule has 2 aliphatic heterocycles. The van der Waals surface area contributed by atoms with Crippen molar-refractivity contribution in [2.75, 3.05) is 33.3 Å². The molecule has 1 aromatic rings. The normalized spacial score (nSPS) is 32.6. The fourth-order valence-electron chi connectivity index (χ4n) is 4.34. The van der Waals surface area contributed by atoms with E-state index in [1.54, 1.807) is 12.0 Å². The van der Waals surface area contributed by atoms with Gasteiger partial charge in [0.2, 0.25) is 0 Å². The number of likely N-dealkylation sites (tertiary alicyclic amines) is 2. The number of ether oxygens (including phenoxy) is 1. The molecule has 2 saturated heterocycles. The van der Waals surface area contributed by atoms with Gasteiger partial charge < -0.3 is 14.5 Å². The van der Waals surface area contributed by atoms with Crippen molar-refractivity contribution in [1.29, 1.82) is 0 Å². The summed E-state index contributed by atoms with van der Waals surface area (Å²) >= 11 is 0. The summed E-state index contributed by atoms with van der Waals surface area (Å²) in [6.45, 7) is 9.12. The lowest BCUT2D eigenvalue weighted by Gasteiger charge is -2.37. The van der Waals surface area contributed by atoms with Gasteiger partial charge in [-0.05, 0) is 37.1 Å². The topological polar surface area (TPSA) is 18.1 Å². The summed E-state index contributed by atoms with van der Waals surface area (Å²) < 4.78 is 5.24. The number of methoxy groups -OCH3 is 1. The quantitative estimate of drug-likeness (QED) is 0.832. The van der Waals surface area contributed by atoms with Crippen molar-refractivity contribution in [2.45, 2.75) is 45.2 Å². The Balaban J connectivity index is 1.46. The van der Waals surface area contributed by atoms with E-state index in [-0.39, 0.29) is 0 Å². The molecule has 1 aromatic carbocycles. The van der Waals surface area contributed by atoms with Crippen LogP contribution in [0.4, 0.5) is 0 Å². The fraction of sp³-hybridized carbons (Fsp3) is 0.684. The van der Waals surface area contributed by atoms with Crippen LogP contribution < -0.4 is 14.5 Å². The highest BCUT2D eigenvalue weighted by Gasteiger charge is 2.32. The molecule has 2 atom stereocenters. The molecule has 0 saturated carbocycles. The molecule has 0 amide bonds. The zero-order chi connectivity index (χ0) is 15.4. The third-order valence-corrected chi connectivity index (χ3v) is 5.69. The Kier molecular flexibility index (Phi) is 5.37. The second-order valence-corrected chi connectivity index (χ2v) is 7.41. The van der Waals surface area contributed by atoms with Crippen molar-refractivity contribution in [3.8, 4) is 5.75 Å². The van der Waals surface area contributed by atoms with Crippen molar-refractivity contribution in [3.63, 3.8) is 0 Å². The summed E-state index contributed by atoms with van der Waals surface area (Å²) in [6, 6.07) is 9.54. The first-order valence-electron chi connectivity index (χ1n) is 9.05. The van der Waals surface area contributed by atoms with Gasteiger partial charge in [0, 0.05) is 24.3 Å². The molecule has 0 bridgehead atoms. The Bertz CT molecular complexity index is 451. The van der Waals surface area contributed by atoms with E-state index < -0.39 is 0 Å². The van der Waals surface area contributed by atoms with Crippen LogP contribution in [0.3, 0.4) is 0 Å². The van der Waals surface area contributed by atoms with Crippen LogP contribution in [0.2, 0.25) is 0 Å². The molecule has 0 spiro atoms. The van der Waals surface area contributed by atoms with Gasteiger partial charge in [0.15, 0.2) is 0 Å². The van der Waals surface area contributed by atoms with Gasteiger partial charge >= 0.3 is 0 Å². The average molecular weight is 304 g/mol.